The summed E-state index contributed by atoms with van der Waals surface area (Å²) >= 11 is 6.20. The Morgan fingerprint density at radius 2 is 1.68 bits per heavy atom. The lowest BCUT2D eigenvalue weighted by molar-refractivity contribution is -0.123. The fraction of sp³-hybridized carbons (Fsp3) is 0.346. The molecule has 2 N–H and O–H groups in total. The van der Waals surface area contributed by atoms with E-state index >= 15 is 0 Å². The summed E-state index contributed by atoms with van der Waals surface area (Å²) < 4.78 is 0. The Bertz CT molecular complexity index is 1260. The maximum absolute atomic E-state index is 12.4. The number of aromatic nitrogens is 1. The van der Waals surface area contributed by atoms with Crippen LogP contribution >= 0.6 is 11.6 Å². The third-order valence-corrected chi connectivity index (χ3v) is 6.32. The van der Waals surface area contributed by atoms with Crippen molar-refractivity contribution in [2.75, 3.05) is 41.3 Å². The molecule has 8 heteroatoms. The fourth-order valence-corrected chi connectivity index (χ4v) is 4.21. The molecular formula is C26H29ClN4O3. The predicted molar refractivity (Wildman–Crippen MR) is 137 cm³/mol. The molecule has 2 aromatic carbocycles. The third kappa shape index (κ3) is 4.94. The monoisotopic (exact) mass is 480 g/mol. The lowest BCUT2D eigenvalue weighted by Gasteiger charge is -2.37. The second-order valence-electron chi connectivity index (χ2n) is 9.67. The van der Waals surface area contributed by atoms with Gasteiger partial charge in [-0.15, -0.1) is 0 Å². The van der Waals surface area contributed by atoms with E-state index in [-0.39, 0.29) is 11.5 Å². The average molecular weight is 481 g/mol. The van der Waals surface area contributed by atoms with E-state index in [9.17, 15) is 14.7 Å². The number of aryl methyl sites for hydroxylation is 1. The number of nitrogens with zero attached hydrogens (tertiary/aromatic N) is 3. The van der Waals surface area contributed by atoms with Gasteiger partial charge in [-0.05, 0) is 48.9 Å². The van der Waals surface area contributed by atoms with Gasteiger partial charge in [0.25, 0.3) is 0 Å². The van der Waals surface area contributed by atoms with Crippen LogP contribution in [0.3, 0.4) is 0 Å². The number of carboxylic acid groups (broad SMARTS) is 1. The number of hydrogen-bond acceptors (Lipinski definition) is 5. The lowest BCUT2D eigenvalue weighted by atomic mass is 9.95. The topological polar surface area (TPSA) is 85.8 Å². The number of halogens is 1. The molecule has 1 aromatic heterocycles. The number of rotatable bonds is 4. The molecule has 178 valence electrons. The van der Waals surface area contributed by atoms with Gasteiger partial charge in [0, 0.05) is 53.4 Å². The van der Waals surface area contributed by atoms with Crippen molar-refractivity contribution in [3.05, 3.63) is 58.6 Å². The molecule has 34 heavy (non-hydrogen) atoms. The number of fused-ring (bicyclic) bond motifs is 1. The minimum Gasteiger partial charge on any atom is -0.478 e. The highest BCUT2D eigenvalue weighted by Crippen LogP contribution is 2.29. The van der Waals surface area contributed by atoms with Crippen LogP contribution in [0.25, 0.3) is 10.9 Å². The van der Waals surface area contributed by atoms with Crippen LogP contribution < -0.4 is 15.1 Å². The number of hydrogen-bond donors (Lipinski definition) is 2. The van der Waals surface area contributed by atoms with Gasteiger partial charge >= 0.3 is 5.97 Å². The number of aromatic carboxylic acids is 1. The van der Waals surface area contributed by atoms with Gasteiger partial charge in [-0.1, -0.05) is 38.4 Å². The summed E-state index contributed by atoms with van der Waals surface area (Å²) in [5, 5.41) is 14.0. The van der Waals surface area contributed by atoms with Crippen molar-refractivity contribution in [3.63, 3.8) is 0 Å². The fourth-order valence-electron chi connectivity index (χ4n) is 4.05. The van der Waals surface area contributed by atoms with Crippen LogP contribution in [-0.4, -0.2) is 48.1 Å². The molecule has 1 aliphatic rings. The number of carbonyl (C=O) groups is 2. The molecule has 2 heterocycles. The summed E-state index contributed by atoms with van der Waals surface area (Å²) in [5.74, 6) is -0.527. The van der Waals surface area contributed by atoms with E-state index in [1.807, 2.05) is 39.0 Å². The Balaban J connectivity index is 1.59. The Labute approximate surface area is 204 Å². The van der Waals surface area contributed by atoms with Gasteiger partial charge in [0.15, 0.2) is 0 Å². The molecule has 0 bridgehead atoms. The van der Waals surface area contributed by atoms with Crippen LogP contribution in [0.4, 0.5) is 17.2 Å². The highest BCUT2D eigenvalue weighted by atomic mass is 35.5. The zero-order chi connectivity index (χ0) is 24.6. The Hall–Kier alpha value is -3.32. The molecule has 0 saturated carbocycles. The van der Waals surface area contributed by atoms with Gasteiger partial charge in [0.2, 0.25) is 5.91 Å². The maximum Gasteiger partial charge on any atom is 0.336 e. The molecule has 4 rings (SSSR count). The van der Waals surface area contributed by atoms with Gasteiger partial charge < -0.3 is 20.2 Å². The number of carboxylic acids is 1. The highest BCUT2D eigenvalue weighted by Gasteiger charge is 2.24. The molecule has 1 fully saturated rings. The predicted octanol–water partition coefficient (Wildman–Crippen LogP) is 5.21. The Morgan fingerprint density at radius 3 is 2.32 bits per heavy atom. The number of amides is 1. The molecule has 7 nitrogen and oxygen atoms in total. The minimum absolute atomic E-state index is 0.138. The van der Waals surface area contributed by atoms with E-state index in [4.69, 9.17) is 16.6 Å². The lowest BCUT2D eigenvalue weighted by Crippen LogP contribution is -2.47. The van der Waals surface area contributed by atoms with Crippen molar-refractivity contribution in [2.45, 2.75) is 27.7 Å². The maximum atomic E-state index is 12.4. The average Bonchev–Trinajstić information content (AvgIpc) is 2.79. The van der Waals surface area contributed by atoms with Crippen LogP contribution in [0, 0.1) is 12.3 Å². The first-order valence-electron chi connectivity index (χ1n) is 11.3. The molecule has 0 aliphatic carbocycles. The molecular weight excluding hydrogens is 452 g/mol. The number of anilines is 3. The summed E-state index contributed by atoms with van der Waals surface area (Å²) in [6.45, 7) is 10.5. The largest absolute Gasteiger partial charge is 0.478 e. The van der Waals surface area contributed by atoms with Crippen LogP contribution in [0.2, 0.25) is 5.02 Å². The molecule has 0 atom stereocenters. The summed E-state index contributed by atoms with van der Waals surface area (Å²) in [7, 11) is 0. The number of carbonyl (C=O) groups excluding carboxylic acids is 1. The first-order valence-corrected chi connectivity index (χ1v) is 11.7. The molecule has 1 amide bonds. The Morgan fingerprint density at radius 1 is 1.00 bits per heavy atom. The minimum atomic E-state index is -1.03. The molecule has 0 radical (unpaired) electrons. The third-order valence-electron chi connectivity index (χ3n) is 6.08. The molecule has 3 aromatic rings. The molecule has 1 aliphatic heterocycles. The summed E-state index contributed by atoms with van der Waals surface area (Å²) in [6, 6.07) is 12.7. The van der Waals surface area contributed by atoms with E-state index in [0.29, 0.717) is 40.5 Å². The normalized spacial score (nSPS) is 14.4. The van der Waals surface area contributed by atoms with Crippen molar-refractivity contribution in [2.24, 2.45) is 5.41 Å². The van der Waals surface area contributed by atoms with E-state index in [0.717, 1.165) is 18.8 Å². The van der Waals surface area contributed by atoms with Crippen molar-refractivity contribution >= 4 is 51.6 Å². The quantitative estimate of drug-likeness (QED) is 0.533. The van der Waals surface area contributed by atoms with Crippen molar-refractivity contribution in [1.82, 2.24) is 4.98 Å². The summed E-state index contributed by atoms with van der Waals surface area (Å²) in [4.78, 5) is 33.6. The number of pyridine rings is 1. The van der Waals surface area contributed by atoms with Gasteiger partial charge in [-0.3, -0.25) is 4.79 Å². The zero-order valence-electron chi connectivity index (χ0n) is 19.9. The van der Waals surface area contributed by atoms with Gasteiger partial charge in [0.1, 0.15) is 5.82 Å². The SMILES string of the molecule is Cc1ccc(Cl)cc1N1CCN(c2cc(C(=O)O)c3cc(NC(=O)C(C)(C)C)ccc3n2)CC1. The summed E-state index contributed by atoms with van der Waals surface area (Å²) in [6.07, 6.45) is 0. The molecule has 1 saturated heterocycles. The zero-order valence-corrected chi connectivity index (χ0v) is 20.6. The van der Waals surface area contributed by atoms with Crippen molar-refractivity contribution < 1.29 is 14.7 Å². The summed E-state index contributed by atoms with van der Waals surface area (Å²) in [5.41, 5.74) is 3.03. The number of nitrogens with one attached hydrogen (secondary N) is 1. The number of piperazine rings is 1. The van der Waals surface area contributed by atoms with E-state index < -0.39 is 11.4 Å². The second kappa shape index (κ2) is 9.14. The smallest absolute Gasteiger partial charge is 0.336 e. The van der Waals surface area contributed by atoms with Crippen molar-refractivity contribution in [3.8, 4) is 0 Å². The molecule has 0 spiro atoms. The van der Waals surface area contributed by atoms with Crippen LogP contribution in [0.1, 0.15) is 36.7 Å². The van der Waals surface area contributed by atoms with E-state index in [1.165, 1.54) is 5.56 Å². The molecule has 0 unspecified atom stereocenters. The highest BCUT2D eigenvalue weighted by molar-refractivity contribution is 6.30. The van der Waals surface area contributed by atoms with Crippen LogP contribution in [0.5, 0.6) is 0 Å². The van der Waals surface area contributed by atoms with Gasteiger partial charge in [-0.25, -0.2) is 9.78 Å². The van der Waals surface area contributed by atoms with Gasteiger partial charge in [0.05, 0.1) is 11.1 Å². The van der Waals surface area contributed by atoms with Crippen LogP contribution in [-0.2, 0) is 4.79 Å². The second-order valence-corrected chi connectivity index (χ2v) is 10.1. The standard InChI is InChI=1S/C26H29ClN4O3/c1-16-5-6-17(27)13-22(16)30-9-11-31(12-10-30)23-15-20(24(32)33)19-14-18(7-8-21(19)29-23)28-25(34)26(2,3)4/h5-8,13-15H,9-12H2,1-4H3,(H,28,34)(H,32,33). The van der Waals surface area contributed by atoms with Crippen molar-refractivity contribution in [1.29, 1.82) is 0 Å². The first-order chi connectivity index (χ1) is 16.0. The first kappa shape index (κ1) is 23.8. The van der Waals surface area contributed by atoms with E-state index in [1.54, 1.807) is 24.3 Å². The Kier molecular flexibility index (Phi) is 6.41. The van der Waals surface area contributed by atoms with Crippen LogP contribution in [0.15, 0.2) is 42.5 Å². The number of benzene rings is 2. The van der Waals surface area contributed by atoms with Gasteiger partial charge in [-0.2, -0.15) is 0 Å². The van der Waals surface area contributed by atoms with E-state index in [2.05, 4.69) is 22.0 Å².